The monoisotopic (exact) mass is 649 g/mol. The lowest BCUT2D eigenvalue weighted by atomic mass is 9.95. The van der Waals surface area contributed by atoms with E-state index in [1.165, 1.54) is 23.5 Å². The number of allylic oxidation sites excluding steroid dienone is 1. The summed E-state index contributed by atoms with van der Waals surface area (Å²) < 4.78 is 32.8. The Morgan fingerprint density at radius 2 is 1.72 bits per heavy atom. The van der Waals surface area contributed by atoms with Gasteiger partial charge >= 0.3 is 0 Å². The molecule has 0 radical (unpaired) electrons. The number of amides is 1. The minimum atomic E-state index is -0.743. The van der Waals surface area contributed by atoms with Crippen molar-refractivity contribution in [3.05, 3.63) is 151 Å². The second-order valence-corrected chi connectivity index (χ2v) is 11.7. The molecule has 1 aromatic heterocycles. The molecule has 0 saturated carbocycles. The molecule has 0 aliphatic carbocycles. The van der Waals surface area contributed by atoms with Crippen LogP contribution >= 0.6 is 11.3 Å². The number of hydrogen-bond donors (Lipinski definition) is 1. The number of carbonyl (C=O) groups is 1. The van der Waals surface area contributed by atoms with Crippen LogP contribution in [-0.2, 0) is 11.4 Å². The van der Waals surface area contributed by atoms with Crippen molar-refractivity contribution in [2.24, 2.45) is 4.99 Å². The zero-order valence-electron chi connectivity index (χ0n) is 26.0. The van der Waals surface area contributed by atoms with Crippen molar-refractivity contribution in [2.75, 3.05) is 19.0 Å². The molecule has 47 heavy (non-hydrogen) atoms. The van der Waals surface area contributed by atoms with Gasteiger partial charge in [-0.15, -0.1) is 0 Å². The number of anilines is 1. The highest BCUT2D eigenvalue weighted by atomic mass is 32.1. The van der Waals surface area contributed by atoms with E-state index in [0.29, 0.717) is 55.7 Å². The van der Waals surface area contributed by atoms with Gasteiger partial charge in [-0.1, -0.05) is 65.9 Å². The largest absolute Gasteiger partial charge is 0.494 e. The van der Waals surface area contributed by atoms with E-state index in [0.717, 1.165) is 11.1 Å². The molecule has 2 heterocycles. The first-order chi connectivity index (χ1) is 22.9. The van der Waals surface area contributed by atoms with Crippen LogP contribution in [-0.4, -0.2) is 24.2 Å². The second-order valence-electron chi connectivity index (χ2n) is 10.7. The molecule has 1 aliphatic rings. The fourth-order valence-electron chi connectivity index (χ4n) is 5.40. The number of aromatic nitrogens is 1. The Morgan fingerprint density at radius 1 is 0.979 bits per heavy atom. The van der Waals surface area contributed by atoms with E-state index >= 15 is 0 Å². The van der Waals surface area contributed by atoms with E-state index in [4.69, 9.17) is 19.2 Å². The van der Waals surface area contributed by atoms with Crippen molar-refractivity contribution in [2.45, 2.75) is 26.5 Å². The average Bonchev–Trinajstić information content (AvgIpc) is 3.38. The molecule has 0 fully saturated rings. The quantitative estimate of drug-likeness (QED) is 0.201. The molecule has 1 amide bonds. The van der Waals surface area contributed by atoms with Crippen molar-refractivity contribution < 1.29 is 23.4 Å². The van der Waals surface area contributed by atoms with Gasteiger partial charge in [-0.2, -0.15) is 0 Å². The maximum Gasteiger partial charge on any atom is 0.271 e. The molecule has 0 saturated heterocycles. The highest BCUT2D eigenvalue weighted by Gasteiger charge is 2.32. The molecule has 0 spiro atoms. The van der Waals surface area contributed by atoms with E-state index in [-0.39, 0.29) is 23.9 Å². The Bertz CT molecular complexity index is 2120. The maximum atomic E-state index is 14.3. The number of fused-ring (bicyclic) bond motifs is 1. The van der Waals surface area contributed by atoms with Crippen molar-refractivity contribution in [1.82, 2.24) is 4.57 Å². The smallest absolute Gasteiger partial charge is 0.271 e. The molecule has 0 unspecified atom stereocenters. The molecule has 8 nitrogen and oxygen atoms in total. The SMILES string of the molecule is CCOc1ccc([C@@H]2C(C(=O)Nc3ccccc3)=C(C)N=c3s/c(=C\c4cccc(OC)c4OCc4ccc(F)cc4)c(=O)n32)cc1. The number of halogens is 1. The van der Waals surface area contributed by atoms with Gasteiger partial charge in [-0.3, -0.25) is 14.2 Å². The molecule has 4 aromatic carbocycles. The number of benzene rings is 4. The number of hydrogen-bond acceptors (Lipinski definition) is 7. The molecule has 6 rings (SSSR count). The average molecular weight is 650 g/mol. The Hall–Kier alpha value is -5.48. The van der Waals surface area contributed by atoms with Crippen LogP contribution in [0.3, 0.4) is 0 Å². The Kier molecular flexibility index (Phi) is 9.30. The summed E-state index contributed by atoms with van der Waals surface area (Å²) in [4.78, 5) is 33.3. The van der Waals surface area contributed by atoms with E-state index < -0.39 is 6.04 Å². The molecule has 10 heteroatoms. The third-order valence-corrected chi connectivity index (χ3v) is 8.60. The molecular formula is C37H32FN3O5S. The van der Waals surface area contributed by atoms with Crippen LogP contribution in [0.4, 0.5) is 10.1 Å². The van der Waals surface area contributed by atoms with Crippen LogP contribution < -0.4 is 34.4 Å². The van der Waals surface area contributed by atoms with Gasteiger partial charge < -0.3 is 19.5 Å². The number of rotatable bonds is 10. The molecule has 5 aromatic rings. The first-order valence-corrected chi connectivity index (χ1v) is 15.8. The third kappa shape index (κ3) is 6.73. The summed E-state index contributed by atoms with van der Waals surface area (Å²) in [6.45, 7) is 4.37. The lowest BCUT2D eigenvalue weighted by molar-refractivity contribution is -0.113. The first-order valence-electron chi connectivity index (χ1n) is 15.0. The van der Waals surface area contributed by atoms with E-state index in [1.807, 2.05) is 61.5 Å². The summed E-state index contributed by atoms with van der Waals surface area (Å²) in [7, 11) is 1.54. The summed E-state index contributed by atoms with van der Waals surface area (Å²) in [6.07, 6.45) is 1.74. The molecule has 1 N–H and O–H groups in total. The predicted molar refractivity (Wildman–Crippen MR) is 180 cm³/mol. The van der Waals surface area contributed by atoms with Gasteiger partial charge in [0.25, 0.3) is 11.5 Å². The fourth-order valence-corrected chi connectivity index (χ4v) is 6.44. The van der Waals surface area contributed by atoms with Crippen molar-refractivity contribution >= 4 is 29.0 Å². The summed E-state index contributed by atoms with van der Waals surface area (Å²) in [5.41, 5.74) is 3.32. The number of thiazole rings is 1. The molecular weight excluding hydrogens is 617 g/mol. The highest BCUT2D eigenvalue weighted by molar-refractivity contribution is 7.07. The normalized spacial score (nSPS) is 14.3. The predicted octanol–water partition coefficient (Wildman–Crippen LogP) is 6.00. The van der Waals surface area contributed by atoms with Gasteiger partial charge in [-0.25, -0.2) is 9.38 Å². The maximum absolute atomic E-state index is 14.3. The second kappa shape index (κ2) is 13.9. The molecule has 238 valence electrons. The van der Waals surface area contributed by atoms with Crippen LogP contribution in [0.15, 0.2) is 118 Å². The number of methoxy groups -OCH3 is 1. The van der Waals surface area contributed by atoms with Crippen LogP contribution in [0, 0.1) is 5.82 Å². The minimum Gasteiger partial charge on any atom is -0.494 e. The summed E-state index contributed by atoms with van der Waals surface area (Å²) >= 11 is 1.23. The number of carbonyl (C=O) groups excluding carboxylic acids is 1. The number of nitrogens with zero attached hydrogens (tertiary/aromatic N) is 2. The Morgan fingerprint density at radius 3 is 2.43 bits per heavy atom. The van der Waals surface area contributed by atoms with Crippen LogP contribution in [0.5, 0.6) is 17.2 Å². The van der Waals surface area contributed by atoms with Crippen molar-refractivity contribution in [1.29, 1.82) is 0 Å². The van der Waals surface area contributed by atoms with E-state index in [1.54, 1.807) is 55.0 Å². The summed E-state index contributed by atoms with van der Waals surface area (Å²) in [5, 5.41) is 2.97. The van der Waals surface area contributed by atoms with Crippen LogP contribution in [0.2, 0.25) is 0 Å². The lowest BCUT2D eigenvalue weighted by Crippen LogP contribution is -2.40. The van der Waals surface area contributed by atoms with Gasteiger partial charge in [-0.05, 0) is 73.5 Å². The zero-order valence-corrected chi connectivity index (χ0v) is 26.8. The zero-order chi connectivity index (χ0) is 32.9. The summed E-state index contributed by atoms with van der Waals surface area (Å²) in [6, 6.07) is 27.3. The minimum absolute atomic E-state index is 0.166. The van der Waals surface area contributed by atoms with Gasteiger partial charge in [0.15, 0.2) is 16.3 Å². The van der Waals surface area contributed by atoms with E-state index in [2.05, 4.69) is 5.32 Å². The molecule has 0 bridgehead atoms. The Balaban J connectivity index is 1.45. The van der Waals surface area contributed by atoms with Gasteiger partial charge in [0.1, 0.15) is 18.2 Å². The van der Waals surface area contributed by atoms with Crippen LogP contribution in [0.1, 0.15) is 36.6 Å². The summed E-state index contributed by atoms with van der Waals surface area (Å²) in [5.74, 6) is 0.922. The van der Waals surface area contributed by atoms with Crippen molar-refractivity contribution in [3.63, 3.8) is 0 Å². The standard InChI is InChI=1S/C37H32FN3O5S/c1-4-45-29-19-15-25(16-20-29)33-32(35(42)40-28-10-6-5-7-11-28)23(2)39-37-41(33)36(43)31(47-37)21-26-9-8-12-30(44-3)34(26)46-22-24-13-17-27(38)18-14-24/h5-21,33H,4,22H2,1-3H3,(H,40,42)/b31-21-/t33-/m1/s1. The number of para-hydroxylation sites is 2. The highest BCUT2D eigenvalue weighted by Crippen LogP contribution is 2.34. The third-order valence-electron chi connectivity index (χ3n) is 7.62. The molecule has 1 atom stereocenters. The lowest BCUT2D eigenvalue weighted by Gasteiger charge is -2.25. The number of ether oxygens (including phenoxy) is 3. The molecule has 1 aliphatic heterocycles. The fraction of sp³-hybridized carbons (Fsp3) is 0.162. The number of nitrogens with one attached hydrogen (secondary N) is 1. The first kappa shape index (κ1) is 31.5. The van der Waals surface area contributed by atoms with Crippen LogP contribution in [0.25, 0.3) is 6.08 Å². The van der Waals surface area contributed by atoms with Gasteiger partial charge in [0.2, 0.25) is 0 Å². The van der Waals surface area contributed by atoms with Gasteiger partial charge in [0.05, 0.1) is 35.6 Å². The topological polar surface area (TPSA) is 91.2 Å². The van der Waals surface area contributed by atoms with Crippen molar-refractivity contribution in [3.8, 4) is 17.2 Å². The van der Waals surface area contributed by atoms with Gasteiger partial charge in [0, 0.05) is 11.3 Å². The Labute approximate surface area is 274 Å². The van der Waals surface area contributed by atoms with E-state index in [9.17, 15) is 14.0 Å².